The van der Waals surface area contributed by atoms with Crippen LogP contribution in [0.5, 0.6) is 11.5 Å². The van der Waals surface area contributed by atoms with Gasteiger partial charge in [-0.05, 0) is 69.9 Å². The van der Waals surface area contributed by atoms with Crippen molar-refractivity contribution in [3.05, 3.63) is 97.3 Å². The molecule has 0 saturated carbocycles. The molecular formula is C27H21Br2NO5S2. The lowest BCUT2D eigenvalue weighted by Crippen LogP contribution is -2.37. The van der Waals surface area contributed by atoms with Gasteiger partial charge in [0.2, 0.25) is 0 Å². The highest BCUT2D eigenvalue weighted by Gasteiger charge is 2.41. The maximum Gasteiger partial charge on any atom is 0.331 e. The Hall–Kier alpha value is -2.66. The van der Waals surface area contributed by atoms with Gasteiger partial charge >= 0.3 is 5.97 Å². The highest BCUT2D eigenvalue weighted by molar-refractivity contribution is 9.10. The second kappa shape index (κ2) is 12.3. The molecule has 6 nitrogen and oxygen atoms in total. The van der Waals surface area contributed by atoms with Gasteiger partial charge in [-0.1, -0.05) is 82.4 Å². The van der Waals surface area contributed by atoms with E-state index in [0.717, 1.165) is 26.7 Å². The second-order valence-corrected chi connectivity index (χ2v) is 11.3. The largest absolute Gasteiger partial charge is 0.490 e. The molecule has 1 aliphatic rings. The maximum atomic E-state index is 13.3. The van der Waals surface area contributed by atoms with Gasteiger partial charge in [0.15, 0.2) is 17.5 Å². The molecule has 1 atom stereocenters. The Morgan fingerprint density at radius 1 is 1.11 bits per heavy atom. The molecule has 0 spiro atoms. The first kappa shape index (κ1) is 27.4. The molecule has 0 aliphatic carbocycles. The second-order valence-electron chi connectivity index (χ2n) is 7.88. The molecule has 0 bridgehead atoms. The first-order valence-corrected chi connectivity index (χ1v) is 14.0. The first-order valence-electron chi connectivity index (χ1n) is 11.2. The summed E-state index contributed by atoms with van der Waals surface area (Å²) in [6.45, 7) is 2.64. The van der Waals surface area contributed by atoms with Gasteiger partial charge in [0.1, 0.15) is 10.9 Å². The van der Waals surface area contributed by atoms with Crippen LogP contribution >= 0.6 is 55.8 Å². The van der Waals surface area contributed by atoms with Crippen LogP contribution in [0.25, 0.3) is 6.08 Å². The summed E-state index contributed by atoms with van der Waals surface area (Å²) in [5, 5.41) is 9.89. The van der Waals surface area contributed by atoms with E-state index in [-0.39, 0.29) is 4.32 Å². The molecule has 10 heteroatoms. The number of carbonyl (C=O) groups is 2. The number of thiocarbonyl (C=S) groups is 1. The number of carbonyl (C=O) groups excluding carboxylic acids is 1. The first-order chi connectivity index (χ1) is 17.8. The van der Waals surface area contributed by atoms with Crippen molar-refractivity contribution in [1.82, 2.24) is 4.90 Å². The predicted octanol–water partition coefficient (Wildman–Crippen LogP) is 7.22. The van der Waals surface area contributed by atoms with Crippen molar-refractivity contribution in [2.45, 2.75) is 19.6 Å². The van der Waals surface area contributed by atoms with Crippen molar-refractivity contribution in [3.63, 3.8) is 0 Å². The molecule has 1 saturated heterocycles. The molecule has 1 amide bonds. The highest BCUT2D eigenvalue weighted by Crippen LogP contribution is 2.41. The van der Waals surface area contributed by atoms with Gasteiger partial charge < -0.3 is 14.6 Å². The van der Waals surface area contributed by atoms with Crippen molar-refractivity contribution in [2.75, 3.05) is 6.61 Å². The third-order valence-corrected chi connectivity index (χ3v) is 7.80. The fraction of sp³-hybridized carbons (Fsp3) is 0.148. The number of hydrogen-bond donors (Lipinski definition) is 1. The van der Waals surface area contributed by atoms with E-state index in [0.29, 0.717) is 45.2 Å². The van der Waals surface area contributed by atoms with Crippen molar-refractivity contribution < 1.29 is 24.2 Å². The number of amides is 1. The number of benzene rings is 3. The predicted molar refractivity (Wildman–Crippen MR) is 156 cm³/mol. The molecule has 0 radical (unpaired) electrons. The normalized spacial score (nSPS) is 15.2. The lowest BCUT2D eigenvalue weighted by atomic mass is 10.1. The zero-order valence-electron chi connectivity index (χ0n) is 19.5. The van der Waals surface area contributed by atoms with Crippen molar-refractivity contribution in [1.29, 1.82) is 0 Å². The minimum absolute atomic E-state index is 0.186. The molecule has 0 aromatic heterocycles. The number of aliphatic carboxylic acids is 1. The van der Waals surface area contributed by atoms with Gasteiger partial charge in [0, 0.05) is 4.47 Å². The number of halogens is 2. The smallest absolute Gasteiger partial charge is 0.331 e. The molecule has 1 fully saturated rings. The minimum atomic E-state index is -1.21. The average molecular weight is 663 g/mol. The molecule has 3 aromatic rings. The lowest BCUT2D eigenvalue weighted by Gasteiger charge is -2.23. The van der Waals surface area contributed by atoms with Gasteiger partial charge in [-0.2, -0.15) is 0 Å². The summed E-state index contributed by atoms with van der Waals surface area (Å²) in [4.78, 5) is 26.9. The zero-order chi connectivity index (χ0) is 26.5. The number of thioether (sulfide) groups is 1. The van der Waals surface area contributed by atoms with Gasteiger partial charge in [-0.3, -0.25) is 9.69 Å². The SMILES string of the molecule is CCOc1cc(/C=C2/SC(=S)N(C(C(=O)O)c3ccccc3)C2=O)cc(Br)c1OCc1ccc(Br)cc1. The van der Waals surface area contributed by atoms with Crippen LogP contribution in [0.4, 0.5) is 0 Å². The third kappa shape index (κ3) is 6.43. The molecule has 37 heavy (non-hydrogen) atoms. The minimum Gasteiger partial charge on any atom is -0.490 e. The third-order valence-electron chi connectivity index (χ3n) is 5.36. The summed E-state index contributed by atoms with van der Waals surface area (Å²) in [6, 6.07) is 18.8. The molecule has 4 rings (SSSR count). The molecule has 1 unspecified atom stereocenters. The number of rotatable bonds is 9. The summed E-state index contributed by atoms with van der Waals surface area (Å²) in [7, 11) is 0. The summed E-state index contributed by atoms with van der Waals surface area (Å²) in [5.74, 6) is -0.554. The molecule has 1 N–H and O–H groups in total. The highest BCUT2D eigenvalue weighted by atomic mass is 79.9. The average Bonchev–Trinajstić information content (AvgIpc) is 3.13. The van der Waals surface area contributed by atoms with Crippen molar-refractivity contribution >= 4 is 78.1 Å². The van der Waals surface area contributed by atoms with Crippen LogP contribution in [0.3, 0.4) is 0 Å². The van der Waals surface area contributed by atoms with Crippen LogP contribution in [0, 0.1) is 0 Å². The van der Waals surface area contributed by atoms with E-state index >= 15 is 0 Å². The summed E-state index contributed by atoms with van der Waals surface area (Å²) in [5.41, 5.74) is 2.15. The Bertz CT molecular complexity index is 1360. The van der Waals surface area contributed by atoms with E-state index in [9.17, 15) is 14.7 Å². The molecular weight excluding hydrogens is 642 g/mol. The Labute approximate surface area is 240 Å². The maximum absolute atomic E-state index is 13.3. The fourth-order valence-corrected chi connectivity index (χ4v) is 5.85. The van der Waals surface area contributed by atoms with Crippen LogP contribution in [-0.4, -0.2) is 32.8 Å². The van der Waals surface area contributed by atoms with E-state index < -0.39 is 17.9 Å². The van der Waals surface area contributed by atoms with Crippen LogP contribution in [-0.2, 0) is 16.2 Å². The number of carboxylic acids is 1. The molecule has 3 aromatic carbocycles. The van der Waals surface area contributed by atoms with Crippen molar-refractivity contribution in [3.8, 4) is 11.5 Å². The summed E-state index contributed by atoms with van der Waals surface area (Å²) >= 11 is 13.5. The number of hydrogen-bond acceptors (Lipinski definition) is 6. The quantitative estimate of drug-likeness (QED) is 0.192. The standard InChI is InChI=1S/C27H21Br2NO5S2/c1-2-34-21-13-17(12-20(29)24(21)35-15-16-8-10-19(28)11-9-16)14-22-25(31)30(27(36)37-22)23(26(32)33)18-6-4-3-5-7-18/h3-14,23H,2,15H2,1H3,(H,32,33)/b22-14+. The van der Waals surface area contributed by atoms with Gasteiger partial charge in [-0.15, -0.1) is 0 Å². The lowest BCUT2D eigenvalue weighted by molar-refractivity contribution is -0.145. The van der Waals surface area contributed by atoms with Crippen LogP contribution < -0.4 is 9.47 Å². The van der Waals surface area contributed by atoms with E-state index in [2.05, 4.69) is 31.9 Å². The summed E-state index contributed by atoms with van der Waals surface area (Å²) in [6.07, 6.45) is 1.68. The van der Waals surface area contributed by atoms with E-state index in [1.165, 1.54) is 0 Å². The van der Waals surface area contributed by atoms with Crippen molar-refractivity contribution in [2.24, 2.45) is 0 Å². The van der Waals surface area contributed by atoms with Crippen LogP contribution in [0.15, 0.2) is 80.6 Å². The molecule has 1 aliphatic heterocycles. The Morgan fingerprint density at radius 3 is 2.46 bits per heavy atom. The Balaban J connectivity index is 1.61. The van der Waals surface area contributed by atoms with Gasteiger partial charge in [-0.25, -0.2) is 4.79 Å². The number of nitrogens with zero attached hydrogens (tertiary/aromatic N) is 1. The number of carboxylic acid groups (broad SMARTS) is 1. The summed E-state index contributed by atoms with van der Waals surface area (Å²) < 4.78 is 13.7. The van der Waals surface area contributed by atoms with E-state index in [4.69, 9.17) is 21.7 Å². The Morgan fingerprint density at radius 2 is 1.81 bits per heavy atom. The zero-order valence-corrected chi connectivity index (χ0v) is 24.3. The Kier molecular flexibility index (Phi) is 9.07. The van der Waals surface area contributed by atoms with Gasteiger partial charge in [0.05, 0.1) is 16.0 Å². The fourth-order valence-electron chi connectivity index (χ4n) is 3.70. The van der Waals surface area contributed by atoms with Gasteiger partial charge in [0.25, 0.3) is 5.91 Å². The van der Waals surface area contributed by atoms with Crippen LogP contribution in [0.2, 0.25) is 0 Å². The number of ether oxygens (including phenoxy) is 2. The molecule has 1 heterocycles. The monoisotopic (exact) mass is 661 g/mol. The van der Waals surface area contributed by atoms with Crippen LogP contribution in [0.1, 0.15) is 29.7 Å². The van der Waals surface area contributed by atoms with E-state index in [1.54, 1.807) is 42.5 Å². The van der Waals surface area contributed by atoms with E-state index in [1.807, 2.05) is 37.3 Å². The molecule has 190 valence electrons. The topological polar surface area (TPSA) is 76.1 Å².